The van der Waals surface area contributed by atoms with Gasteiger partial charge in [-0.15, -0.1) is 0 Å². The summed E-state index contributed by atoms with van der Waals surface area (Å²) in [6, 6.07) is 34.9. The molecule has 3 amide bonds. The molecule has 0 saturated heterocycles. The second kappa shape index (κ2) is 15.0. The zero-order valence-corrected chi connectivity index (χ0v) is 22.9. The van der Waals surface area contributed by atoms with E-state index < -0.39 is 6.03 Å². The van der Waals surface area contributed by atoms with Crippen LogP contribution in [-0.4, -0.2) is 17.9 Å². The Morgan fingerprint density at radius 2 is 1.24 bits per heavy atom. The fourth-order valence-corrected chi connectivity index (χ4v) is 4.47. The molecule has 41 heavy (non-hydrogen) atoms. The van der Waals surface area contributed by atoms with Crippen molar-refractivity contribution in [1.29, 1.82) is 0 Å². The van der Waals surface area contributed by atoms with E-state index in [2.05, 4.69) is 20.9 Å². The number of aliphatic imine (C=N–C) groups is 1. The third-order valence-electron chi connectivity index (χ3n) is 6.61. The number of amides is 3. The molecule has 0 radical (unpaired) electrons. The van der Waals surface area contributed by atoms with E-state index in [-0.39, 0.29) is 17.8 Å². The van der Waals surface area contributed by atoms with Crippen LogP contribution in [0.4, 0.5) is 4.79 Å². The van der Waals surface area contributed by atoms with Gasteiger partial charge in [0.1, 0.15) is 0 Å². The van der Waals surface area contributed by atoms with Gasteiger partial charge in [0, 0.05) is 19.6 Å². The Labute approximate surface area is 240 Å². The largest absolute Gasteiger partial charge is 0.370 e. The van der Waals surface area contributed by atoms with Crippen LogP contribution in [0.15, 0.2) is 114 Å². The van der Waals surface area contributed by atoms with Gasteiger partial charge in [-0.05, 0) is 39.8 Å². The van der Waals surface area contributed by atoms with Crippen molar-refractivity contribution in [2.45, 2.75) is 38.5 Å². The third-order valence-corrected chi connectivity index (χ3v) is 6.61. The summed E-state index contributed by atoms with van der Waals surface area (Å²) >= 11 is 0. The minimum absolute atomic E-state index is 0.0283. The molecule has 0 heterocycles. The molecule has 4 aromatic rings. The lowest BCUT2D eigenvalue weighted by Crippen LogP contribution is -2.43. The molecule has 0 saturated carbocycles. The number of benzene rings is 4. The highest BCUT2D eigenvalue weighted by Crippen LogP contribution is 2.21. The molecule has 0 aliphatic rings. The summed E-state index contributed by atoms with van der Waals surface area (Å²) < 4.78 is 0. The van der Waals surface area contributed by atoms with Gasteiger partial charge in [-0.1, -0.05) is 109 Å². The topological polar surface area (TPSA) is 135 Å². The van der Waals surface area contributed by atoms with E-state index in [0.717, 1.165) is 33.4 Å². The predicted molar refractivity (Wildman–Crippen MR) is 163 cm³/mol. The van der Waals surface area contributed by atoms with E-state index in [4.69, 9.17) is 11.5 Å². The molecule has 0 aromatic heterocycles. The number of hydrogen-bond acceptors (Lipinski definition) is 4. The molecule has 0 spiro atoms. The van der Waals surface area contributed by atoms with E-state index in [1.54, 1.807) is 0 Å². The lowest BCUT2D eigenvalue weighted by Gasteiger charge is -2.18. The maximum atomic E-state index is 13.3. The SMILES string of the molecule is NCc1cccc(CN=C(N)NC(=O)NCc2cccc(CNC(=O)C(Cc3ccccc3)c3ccccc3)c2)c1. The lowest BCUT2D eigenvalue weighted by atomic mass is 9.91. The van der Waals surface area contributed by atoms with Crippen molar-refractivity contribution in [3.63, 3.8) is 0 Å². The average molecular weight is 549 g/mol. The summed E-state index contributed by atoms with van der Waals surface area (Å²) in [5.41, 5.74) is 17.4. The molecule has 0 fully saturated rings. The van der Waals surface area contributed by atoms with Gasteiger partial charge in [0.05, 0.1) is 12.5 Å². The van der Waals surface area contributed by atoms with Crippen molar-refractivity contribution in [1.82, 2.24) is 16.0 Å². The predicted octanol–water partition coefficient (Wildman–Crippen LogP) is 4.10. The number of nitrogens with one attached hydrogen (secondary N) is 3. The normalized spacial score (nSPS) is 11.9. The second-order valence-electron chi connectivity index (χ2n) is 9.72. The van der Waals surface area contributed by atoms with Gasteiger partial charge in [-0.3, -0.25) is 10.1 Å². The van der Waals surface area contributed by atoms with Crippen molar-refractivity contribution in [3.8, 4) is 0 Å². The number of carbonyl (C=O) groups excluding carboxylic acids is 2. The number of nitrogens with two attached hydrogens (primary N) is 2. The summed E-state index contributed by atoms with van der Waals surface area (Å²) in [5.74, 6) is -0.308. The zero-order chi connectivity index (χ0) is 28.9. The van der Waals surface area contributed by atoms with Crippen molar-refractivity contribution < 1.29 is 9.59 Å². The molecule has 8 heteroatoms. The molecule has 210 valence electrons. The second-order valence-corrected chi connectivity index (χ2v) is 9.72. The first-order valence-electron chi connectivity index (χ1n) is 13.6. The Bertz CT molecular complexity index is 1460. The van der Waals surface area contributed by atoms with Crippen molar-refractivity contribution in [2.24, 2.45) is 16.5 Å². The maximum absolute atomic E-state index is 13.3. The van der Waals surface area contributed by atoms with E-state index in [1.165, 1.54) is 0 Å². The van der Waals surface area contributed by atoms with Crippen LogP contribution in [0.5, 0.6) is 0 Å². The third kappa shape index (κ3) is 9.33. The molecule has 1 atom stereocenters. The first kappa shape index (κ1) is 29.0. The minimum atomic E-state index is -0.452. The van der Waals surface area contributed by atoms with Crippen LogP contribution in [0, 0.1) is 0 Å². The van der Waals surface area contributed by atoms with Crippen molar-refractivity contribution in [3.05, 3.63) is 143 Å². The van der Waals surface area contributed by atoms with Crippen LogP contribution in [0.25, 0.3) is 0 Å². The molecule has 4 aromatic carbocycles. The first-order chi connectivity index (χ1) is 20.0. The van der Waals surface area contributed by atoms with E-state index >= 15 is 0 Å². The number of rotatable bonds is 11. The monoisotopic (exact) mass is 548 g/mol. The Morgan fingerprint density at radius 3 is 1.93 bits per heavy atom. The molecule has 4 rings (SSSR count). The van der Waals surface area contributed by atoms with Crippen LogP contribution in [0.1, 0.15) is 39.3 Å². The Morgan fingerprint density at radius 1 is 0.683 bits per heavy atom. The van der Waals surface area contributed by atoms with Gasteiger partial charge in [0.25, 0.3) is 0 Å². The molecule has 1 unspecified atom stereocenters. The standard InChI is InChI=1S/C33H36N6O2/c34-20-25-11-7-12-26(17-25)22-37-32(35)39-33(41)38-23-28-14-8-13-27(18-28)21-36-31(40)30(29-15-5-2-6-16-29)19-24-9-3-1-4-10-24/h1-18,30H,19-23,34H2,(H,36,40)(H4,35,37,38,39,41). The number of urea groups is 1. The smallest absolute Gasteiger partial charge is 0.321 e. The van der Waals surface area contributed by atoms with Crippen LogP contribution in [0.2, 0.25) is 0 Å². The van der Waals surface area contributed by atoms with Crippen molar-refractivity contribution in [2.75, 3.05) is 0 Å². The Kier molecular flexibility index (Phi) is 10.6. The lowest BCUT2D eigenvalue weighted by molar-refractivity contribution is -0.122. The molecule has 0 aliphatic heterocycles. The molecule has 0 aliphatic carbocycles. The molecular weight excluding hydrogens is 512 g/mol. The van der Waals surface area contributed by atoms with Crippen LogP contribution in [0.3, 0.4) is 0 Å². The van der Waals surface area contributed by atoms with Crippen LogP contribution in [-0.2, 0) is 37.4 Å². The zero-order valence-electron chi connectivity index (χ0n) is 22.9. The first-order valence-corrected chi connectivity index (χ1v) is 13.6. The van der Waals surface area contributed by atoms with E-state index in [1.807, 2.05) is 109 Å². The van der Waals surface area contributed by atoms with Crippen LogP contribution < -0.4 is 27.4 Å². The Balaban J connectivity index is 1.28. The highest BCUT2D eigenvalue weighted by molar-refractivity contribution is 5.95. The number of guanidine groups is 1. The van der Waals surface area contributed by atoms with E-state index in [9.17, 15) is 9.59 Å². The number of carbonyl (C=O) groups is 2. The van der Waals surface area contributed by atoms with Crippen molar-refractivity contribution >= 4 is 17.9 Å². The number of hydrogen-bond donors (Lipinski definition) is 5. The van der Waals surface area contributed by atoms with Gasteiger partial charge >= 0.3 is 6.03 Å². The quantitative estimate of drug-likeness (QED) is 0.142. The fraction of sp³-hybridized carbons (Fsp3) is 0.182. The summed E-state index contributed by atoms with van der Waals surface area (Å²) in [5, 5.41) is 8.43. The summed E-state index contributed by atoms with van der Waals surface area (Å²) in [6.45, 7) is 1.45. The molecular formula is C33H36N6O2. The van der Waals surface area contributed by atoms with Gasteiger partial charge < -0.3 is 22.1 Å². The van der Waals surface area contributed by atoms with Gasteiger partial charge in [-0.25, -0.2) is 9.79 Å². The fourth-order valence-electron chi connectivity index (χ4n) is 4.47. The average Bonchev–Trinajstić information content (AvgIpc) is 3.01. The minimum Gasteiger partial charge on any atom is -0.370 e. The summed E-state index contributed by atoms with van der Waals surface area (Å²) in [6.07, 6.45) is 0.613. The number of nitrogens with zero attached hydrogens (tertiary/aromatic N) is 1. The van der Waals surface area contributed by atoms with Crippen LogP contribution >= 0.6 is 0 Å². The molecule has 7 N–H and O–H groups in total. The molecule has 0 bridgehead atoms. The highest BCUT2D eigenvalue weighted by Gasteiger charge is 2.21. The van der Waals surface area contributed by atoms with Gasteiger partial charge in [0.15, 0.2) is 5.96 Å². The van der Waals surface area contributed by atoms with Gasteiger partial charge in [-0.2, -0.15) is 0 Å². The summed E-state index contributed by atoms with van der Waals surface area (Å²) in [7, 11) is 0. The Hall–Kier alpha value is -4.95. The highest BCUT2D eigenvalue weighted by atomic mass is 16.2. The molecule has 8 nitrogen and oxygen atoms in total. The van der Waals surface area contributed by atoms with Gasteiger partial charge in [0.2, 0.25) is 5.91 Å². The van der Waals surface area contributed by atoms with E-state index in [0.29, 0.717) is 32.6 Å². The maximum Gasteiger partial charge on any atom is 0.321 e. The summed E-state index contributed by atoms with van der Waals surface area (Å²) in [4.78, 5) is 29.9.